The van der Waals surface area contributed by atoms with Crippen molar-refractivity contribution in [3.8, 4) is 5.75 Å². The van der Waals surface area contributed by atoms with E-state index in [0.29, 0.717) is 11.4 Å². The van der Waals surface area contributed by atoms with Gasteiger partial charge in [0.15, 0.2) is 0 Å². The molecular weight excluding hydrogens is 393 g/mol. The number of halogens is 3. The Morgan fingerprint density at radius 2 is 1.95 bits per heavy atom. The van der Waals surface area contributed by atoms with E-state index in [1.807, 2.05) is 0 Å². The SMILES string of the molecule is COc1cc(NC(=O)c2cccc(Br)c2F)ccc1Br. The first kappa shape index (κ1) is 15.0. The summed E-state index contributed by atoms with van der Waals surface area (Å²) in [4.78, 5) is 12.0. The average Bonchev–Trinajstić information content (AvgIpc) is 2.43. The van der Waals surface area contributed by atoms with Crippen molar-refractivity contribution in [2.75, 3.05) is 12.4 Å². The number of rotatable bonds is 3. The number of methoxy groups -OCH3 is 1. The van der Waals surface area contributed by atoms with Crippen LogP contribution in [0.2, 0.25) is 0 Å². The summed E-state index contributed by atoms with van der Waals surface area (Å²) in [7, 11) is 1.53. The van der Waals surface area contributed by atoms with Gasteiger partial charge in [0.25, 0.3) is 5.91 Å². The van der Waals surface area contributed by atoms with Gasteiger partial charge in [-0.2, -0.15) is 0 Å². The van der Waals surface area contributed by atoms with Crippen LogP contribution in [0.4, 0.5) is 10.1 Å². The van der Waals surface area contributed by atoms with Crippen LogP contribution in [-0.4, -0.2) is 13.0 Å². The van der Waals surface area contributed by atoms with Gasteiger partial charge in [-0.15, -0.1) is 0 Å². The first-order chi connectivity index (χ1) is 9.52. The van der Waals surface area contributed by atoms with Crippen molar-refractivity contribution in [2.24, 2.45) is 0 Å². The van der Waals surface area contributed by atoms with Crippen LogP contribution in [0.15, 0.2) is 45.3 Å². The minimum atomic E-state index is -0.589. The average molecular weight is 403 g/mol. The lowest BCUT2D eigenvalue weighted by Crippen LogP contribution is -2.14. The summed E-state index contributed by atoms with van der Waals surface area (Å²) in [6.45, 7) is 0. The molecule has 0 saturated heterocycles. The van der Waals surface area contributed by atoms with Crippen molar-refractivity contribution >= 4 is 43.5 Å². The van der Waals surface area contributed by atoms with Gasteiger partial charge < -0.3 is 10.1 Å². The van der Waals surface area contributed by atoms with E-state index >= 15 is 0 Å². The quantitative estimate of drug-likeness (QED) is 0.813. The zero-order valence-electron chi connectivity index (χ0n) is 10.4. The molecular formula is C14H10Br2FNO2. The molecule has 0 radical (unpaired) electrons. The first-order valence-corrected chi connectivity index (χ1v) is 7.20. The second kappa shape index (κ2) is 6.37. The van der Waals surface area contributed by atoms with E-state index in [9.17, 15) is 9.18 Å². The molecule has 0 bridgehead atoms. The lowest BCUT2D eigenvalue weighted by Gasteiger charge is -2.09. The van der Waals surface area contributed by atoms with Gasteiger partial charge in [-0.3, -0.25) is 4.79 Å². The molecule has 0 spiro atoms. The van der Waals surface area contributed by atoms with E-state index in [0.717, 1.165) is 4.47 Å². The van der Waals surface area contributed by atoms with Gasteiger partial charge in [-0.25, -0.2) is 4.39 Å². The molecule has 2 aromatic carbocycles. The second-order valence-corrected chi connectivity index (χ2v) is 5.61. The smallest absolute Gasteiger partial charge is 0.258 e. The van der Waals surface area contributed by atoms with Crippen molar-refractivity contribution in [2.45, 2.75) is 0 Å². The maximum absolute atomic E-state index is 13.8. The number of carbonyl (C=O) groups excluding carboxylic acids is 1. The maximum atomic E-state index is 13.8. The summed E-state index contributed by atoms with van der Waals surface area (Å²) in [5.41, 5.74) is 0.496. The molecule has 0 heterocycles. The molecule has 1 N–H and O–H groups in total. The third-order valence-corrected chi connectivity index (χ3v) is 3.87. The van der Waals surface area contributed by atoms with Crippen LogP contribution in [0.5, 0.6) is 5.75 Å². The van der Waals surface area contributed by atoms with E-state index in [1.165, 1.54) is 19.2 Å². The van der Waals surface area contributed by atoms with Gasteiger partial charge in [0.05, 0.1) is 21.6 Å². The Bertz CT molecular complexity index is 662. The Labute approximate surface area is 132 Å². The van der Waals surface area contributed by atoms with Crippen LogP contribution in [0.3, 0.4) is 0 Å². The Hall–Kier alpha value is -1.40. The van der Waals surface area contributed by atoms with Gasteiger partial charge in [0.2, 0.25) is 0 Å². The predicted molar refractivity (Wildman–Crippen MR) is 82.7 cm³/mol. The van der Waals surface area contributed by atoms with Crippen molar-refractivity contribution in [1.29, 1.82) is 0 Å². The van der Waals surface area contributed by atoms with Crippen LogP contribution >= 0.6 is 31.9 Å². The number of ether oxygens (including phenoxy) is 1. The minimum absolute atomic E-state index is 0.0266. The molecule has 0 aliphatic heterocycles. The highest BCUT2D eigenvalue weighted by Crippen LogP contribution is 2.28. The molecule has 2 rings (SSSR count). The lowest BCUT2D eigenvalue weighted by atomic mass is 10.2. The molecule has 0 aromatic heterocycles. The van der Waals surface area contributed by atoms with Gasteiger partial charge in [0, 0.05) is 11.8 Å². The molecule has 20 heavy (non-hydrogen) atoms. The summed E-state index contributed by atoms with van der Waals surface area (Å²) in [5, 5.41) is 2.63. The van der Waals surface area contributed by atoms with Crippen LogP contribution in [0, 0.1) is 5.82 Å². The van der Waals surface area contributed by atoms with E-state index < -0.39 is 11.7 Å². The van der Waals surface area contributed by atoms with Gasteiger partial charge >= 0.3 is 0 Å². The number of hydrogen-bond acceptors (Lipinski definition) is 2. The summed E-state index contributed by atoms with van der Waals surface area (Å²) in [6, 6.07) is 9.65. The van der Waals surface area contributed by atoms with Gasteiger partial charge in [-0.1, -0.05) is 6.07 Å². The van der Waals surface area contributed by atoms with Crippen molar-refractivity contribution in [3.63, 3.8) is 0 Å². The molecule has 0 aliphatic rings. The zero-order valence-corrected chi connectivity index (χ0v) is 13.6. The van der Waals surface area contributed by atoms with Crippen molar-refractivity contribution in [3.05, 3.63) is 56.7 Å². The Kier molecular flexibility index (Phi) is 4.77. The summed E-state index contributed by atoms with van der Waals surface area (Å²) in [6.07, 6.45) is 0. The molecule has 0 unspecified atom stereocenters. The third-order valence-electron chi connectivity index (χ3n) is 2.61. The number of carbonyl (C=O) groups is 1. The highest BCUT2D eigenvalue weighted by molar-refractivity contribution is 9.10. The minimum Gasteiger partial charge on any atom is -0.495 e. The van der Waals surface area contributed by atoms with Crippen LogP contribution in [0.25, 0.3) is 0 Å². The molecule has 0 saturated carbocycles. The fourth-order valence-corrected chi connectivity index (χ4v) is 2.39. The number of benzene rings is 2. The van der Waals surface area contributed by atoms with Crippen LogP contribution in [0.1, 0.15) is 10.4 Å². The largest absolute Gasteiger partial charge is 0.495 e. The van der Waals surface area contributed by atoms with E-state index in [4.69, 9.17) is 4.74 Å². The highest BCUT2D eigenvalue weighted by atomic mass is 79.9. The number of hydrogen-bond donors (Lipinski definition) is 1. The normalized spacial score (nSPS) is 10.2. The van der Waals surface area contributed by atoms with Crippen molar-refractivity contribution in [1.82, 2.24) is 0 Å². The van der Waals surface area contributed by atoms with Crippen LogP contribution < -0.4 is 10.1 Å². The molecule has 6 heteroatoms. The van der Waals surface area contributed by atoms with E-state index in [2.05, 4.69) is 37.2 Å². The Morgan fingerprint density at radius 3 is 2.65 bits per heavy atom. The van der Waals surface area contributed by atoms with E-state index in [-0.39, 0.29) is 10.0 Å². The molecule has 2 aromatic rings. The standard InChI is InChI=1S/C14H10Br2FNO2/c1-20-12-7-8(5-6-10(12)15)18-14(19)9-3-2-4-11(16)13(9)17/h2-7H,1H3,(H,18,19). The van der Waals surface area contributed by atoms with Gasteiger partial charge in [0.1, 0.15) is 11.6 Å². The fourth-order valence-electron chi connectivity index (χ4n) is 1.62. The molecule has 1 amide bonds. The maximum Gasteiger partial charge on any atom is 0.258 e. The summed E-state index contributed by atoms with van der Waals surface area (Å²) >= 11 is 6.37. The lowest BCUT2D eigenvalue weighted by molar-refractivity contribution is 0.102. The number of anilines is 1. The monoisotopic (exact) mass is 401 g/mol. The topological polar surface area (TPSA) is 38.3 Å². The highest BCUT2D eigenvalue weighted by Gasteiger charge is 2.14. The summed E-state index contributed by atoms with van der Waals surface area (Å²) < 4.78 is 20.0. The molecule has 0 aliphatic carbocycles. The number of amides is 1. The second-order valence-electron chi connectivity index (χ2n) is 3.90. The zero-order chi connectivity index (χ0) is 14.7. The molecule has 3 nitrogen and oxygen atoms in total. The Balaban J connectivity index is 2.26. The third kappa shape index (κ3) is 3.19. The van der Waals surface area contributed by atoms with Crippen LogP contribution in [-0.2, 0) is 0 Å². The fraction of sp³-hybridized carbons (Fsp3) is 0.0714. The Morgan fingerprint density at radius 1 is 1.20 bits per heavy atom. The van der Waals surface area contributed by atoms with Crippen molar-refractivity contribution < 1.29 is 13.9 Å². The van der Waals surface area contributed by atoms with Gasteiger partial charge in [-0.05, 0) is 56.1 Å². The predicted octanol–water partition coefficient (Wildman–Crippen LogP) is 4.61. The molecule has 0 atom stereocenters. The van der Waals surface area contributed by atoms with E-state index in [1.54, 1.807) is 24.3 Å². The molecule has 104 valence electrons. The summed E-state index contributed by atoms with van der Waals surface area (Å²) in [5.74, 6) is -0.528. The molecule has 0 fully saturated rings. The first-order valence-electron chi connectivity index (χ1n) is 5.62. The number of nitrogens with one attached hydrogen (secondary N) is 1.